The second kappa shape index (κ2) is 2.06. The van der Waals surface area contributed by atoms with Crippen molar-refractivity contribution in [3.05, 3.63) is 17.6 Å². The summed E-state index contributed by atoms with van der Waals surface area (Å²) in [5.41, 5.74) is 0.843. The standard InChI is InChI=1S/C6H5BN2S/c7-6-8-3-4-1-2-10-5(4)9-6/h1-3H,7H2. The van der Waals surface area contributed by atoms with Crippen molar-refractivity contribution in [1.29, 1.82) is 0 Å². The van der Waals surface area contributed by atoms with E-state index in [-0.39, 0.29) is 0 Å². The number of hydrogen-bond donors (Lipinski definition) is 0. The van der Waals surface area contributed by atoms with E-state index in [0.717, 1.165) is 15.9 Å². The predicted octanol–water partition coefficient (Wildman–Crippen LogP) is -0.0503. The topological polar surface area (TPSA) is 25.8 Å². The van der Waals surface area contributed by atoms with Gasteiger partial charge in [-0.25, -0.2) is 4.98 Å². The zero-order chi connectivity index (χ0) is 6.97. The summed E-state index contributed by atoms with van der Waals surface area (Å²) < 4.78 is 0. The molecule has 0 aliphatic carbocycles. The van der Waals surface area contributed by atoms with Crippen molar-refractivity contribution in [3.63, 3.8) is 0 Å². The number of rotatable bonds is 0. The van der Waals surface area contributed by atoms with Crippen LogP contribution in [0.2, 0.25) is 0 Å². The van der Waals surface area contributed by atoms with Crippen LogP contribution in [0, 0.1) is 0 Å². The summed E-state index contributed by atoms with van der Waals surface area (Å²) >= 11 is 1.65. The Morgan fingerprint density at radius 3 is 3.30 bits per heavy atom. The summed E-state index contributed by atoms with van der Waals surface area (Å²) in [4.78, 5) is 9.39. The largest absolute Gasteiger partial charge is 0.252 e. The number of aromatic nitrogens is 2. The van der Waals surface area contributed by atoms with Gasteiger partial charge in [0, 0.05) is 11.6 Å². The molecule has 0 aliphatic heterocycles. The highest BCUT2D eigenvalue weighted by Crippen LogP contribution is 2.14. The Morgan fingerprint density at radius 2 is 2.40 bits per heavy atom. The SMILES string of the molecule is Bc1ncc2ccsc2n1. The first-order chi connectivity index (χ1) is 4.86. The van der Waals surface area contributed by atoms with E-state index in [9.17, 15) is 0 Å². The molecule has 4 heteroatoms. The Labute approximate surface area is 63.3 Å². The molecule has 0 aliphatic rings. The molecule has 0 spiro atoms. The van der Waals surface area contributed by atoms with Crippen molar-refractivity contribution in [1.82, 2.24) is 9.97 Å². The maximum Gasteiger partial charge on any atom is 0.189 e. The quantitative estimate of drug-likeness (QED) is 0.489. The minimum Gasteiger partial charge on any atom is -0.252 e. The lowest BCUT2D eigenvalue weighted by Crippen LogP contribution is -2.10. The highest BCUT2D eigenvalue weighted by atomic mass is 32.1. The summed E-state index contributed by atoms with van der Waals surface area (Å²) in [5.74, 6) is 0. The van der Waals surface area contributed by atoms with Crippen LogP contribution in [0.5, 0.6) is 0 Å². The maximum atomic E-state index is 4.24. The minimum absolute atomic E-state index is 0.843. The van der Waals surface area contributed by atoms with Crippen molar-refractivity contribution < 1.29 is 0 Å². The van der Waals surface area contributed by atoms with Crippen molar-refractivity contribution in [3.8, 4) is 0 Å². The molecule has 0 unspecified atom stereocenters. The van der Waals surface area contributed by atoms with Crippen molar-refractivity contribution in [2.24, 2.45) is 0 Å². The Balaban J connectivity index is 2.86. The van der Waals surface area contributed by atoms with Gasteiger partial charge >= 0.3 is 0 Å². The van der Waals surface area contributed by atoms with Gasteiger partial charge < -0.3 is 0 Å². The van der Waals surface area contributed by atoms with E-state index >= 15 is 0 Å². The molecule has 0 saturated heterocycles. The van der Waals surface area contributed by atoms with Crippen LogP contribution >= 0.6 is 11.3 Å². The molecule has 0 aromatic carbocycles. The minimum atomic E-state index is 0.843. The summed E-state index contributed by atoms with van der Waals surface area (Å²) in [6.45, 7) is 0. The van der Waals surface area contributed by atoms with Gasteiger partial charge in [0.15, 0.2) is 7.85 Å². The molecule has 48 valence electrons. The van der Waals surface area contributed by atoms with E-state index in [2.05, 4.69) is 9.97 Å². The molecule has 0 bridgehead atoms. The summed E-state index contributed by atoms with van der Waals surface area (Å²) in [6.07, 6.45) is 1.86. The zero-order valence-electron chi connectivity index (χ0n) is 5.53. The summed E-state index contributed by atoms with van der Waals surface area (Å²) in [5, 5.41) is 3.16. The Morgan fingerprint density at radius 1 is 1.50 bits per heavy atom. The zero-order valence-corrected chi connectivity index (χ0v) is 6.35. The van der Waals surface area contributed by atoms with Gasteiger partial charge in [-0.1, -0.05) is 0 Å². The molecule has 2 aromatic rings. The summed E-state index contributed by atoms with van der Waals surface area (Å²) in [7, 11) is 1.90. The highest BCUT2D eigenvalue weighted by Gasteiger charge is 1.94. The molecule has 0 radical (unpaired) electrons. The predicted molar refractivity (Wildman–Crippen MR) is 45.6 cm³/mol. The lowest BCUT2D eigenvalue weighted by atomic mass is 10.1. The third-order valence-electron chi connectivity index (χ3n) is 1.33. The average molecular weight is 148 g/mol. The van der Waals surface area contributed by atoms with Crippen molar-refractivity contribution >= 4 is 35.1 Å². The van der Waals surface area contributed by atoms with Crippen LogP contribution in [0.25, 0.3) is 10.2 Å². The van der Waals surface area contributed by atoms with E-state index in [0.29, 0.717) is 0 Å². The van der Waals surface area contributed by atoms with E-state index in [1.54, 1.807) is 11.3 Å². The van der Waals surface area contributed by atoms with E-state index in [1.165, 1.54) is 0 Å². The van der Waals surface area contributed by atoms with Crippen LogP contribution < -0.4 is 5.72 Å². The molecular weight excluding hydrogens is 143 g/mol. The lowest BCUT2D eigenvalue weighted by molar-refractivity contribution is 1.31. The number of nitrogens with zero attached hydrogens (tertiary/aromatic N) is 2. The van der Waals surface area contributed by atoms with Crippen LogP contribution in [0.4, 0.5) is 0 Å². The molecule has 2 rings (SSSR count). The second-order valence-corrected chi connectivity index (χ2v) is 2.99. The Hall–Kier alpha value is -0.895. The van der Waals surface area contributed by atoms with Gasteiger partial charge in [-0.15, -0.1) is 11.3 Å². The van der Waals surface area contributed by atoms with Crippen molar-refractivity contribution in [2.75, 3.05) is 0 Å². The van der Waals surface area contributed by atoms with Gasteiger partial charge in [-0.05, 0) is 11.4 Å². The third kappa shape index (κ3) is 0.808. The molecular formula is C6H5BN2S. The van der Waals surface area contributed by atoms with Gasteiger partial charge in [0.05, 0.1) is 5.72 Å². The first kappa shape index (κ1) is 5.86. The maximum absolute atomic E-state index is 4.24. The van der Waals surface area contributed by atoms with Crippen molar-refractivity contribution in [2.45, 2.75) is 0 Å². The Kier molecular flexibility index (Phi) is 1.20. The van der Waals surface area contributed by atoms with Crippen LogP contribution in [-0.4, -0.2) is 17.8 Å². The van der Waals surface area contributed by atoms with Crippen LogP contribution in [0.15, 0.2) is 17.6 Å². The van der Waals surface area contributed by atoms with Gasteiger partial charge in [0.2, 0.25) is 0 Å². The highest BCUT2D eigenvalue weighted by molar-refractivity contribution is 7.16. The van der Waals surface area contributed by atoms with E-state index < -0.39 is 0 Å². The van der Waals surface area contributed by atoms with Crippen LogP contribution in [-0.2, 0) is 0 Å². The number of fused-ring (bicyclic) bond motifs is 1. The van der Waals surface area contributed by atoms with E-state index in [4.69, 9.17) is 0 Å². The van der Waals surface area contributed by atoms with Crippen LogP contribution in [0.1, 0.15) is 0 Å². The van der Waals surface area contributed by atoms with Gasteiger partial charge in [-0.3, -0.25) is 4.98 Å². The van der Waals surface area contributed by atoms with Gasteiger partial charge in [-0.2, -0.15) is 0 Å². The molecule has 2 nitrogen and oxygen atoms in total. The molecule has 0 atom stereocenters. The molecule has 0 amide bonds. The molecule has 0 N–H and O–H groups in total. The fraction of sp³-hybridized carbons (Fsp3) is 0. The molecule has 0 saturated carbocycles. The lowest BCUT2D eigenvalue weighted by Gasteiger charge is -1.88. The number of hydrogen-bond acceptors (Lipinski definition) is 3. The van der Waals surface area contributed by atoms with Gasteiger partial charge in [0.1, 0.15) is 4.83 Å². The average Bonchev–Trinajstić information content (AvgIpc) is 2.33. The Bertz CT molecular complexity index is 357. The normalized spacial score (nSPS) is 10.4. The fourth-order valence-corrected chi connectivity index (χ4v) is 1.62. The summed E-state index contributed by atoms with van der Waals surface area (Å²) in [6, 6.07) is 2.03. The molecule has 2 heterocycles. The first-order valence-corrected chi connectivity index (χ1v) is 3.91. The molecule has 10 heavy (non-hydrogen) atoms. The van der Waals surface area contributed by atoms with E-state index in [1.807, 2.05) is 25.5 Å². The monoisotopic (exact) mass is 148 g/mol. The fourth-order valence-electron chi connectivity index (χ4n) is 0.839. The molecule has 0 fully saturated rings. The first-order valence-electron chi connectivity index (χ1n) is 3.03. The number of thiophene rings is 1. The van der Waals surface area contributed by atoms with Gasteiger partial charge in [0.25, 0.3) is 0 Å². The van der Waals surface area contributed by atoms with Crippen LogP contribution in [0.3, 0.4) is 0 Å². The third-order valence-corrected chi connectivity index (χ3v) is 2.15. The second-order valence-electron chi connectivity index (χ2n) is 2.10. The molecule has 2 aromatic heterocycles. The smallest absolute Gasteiger partial charge is 0.189 e.